The highest BCUT2D eigenvalue weighted by atomic mass is 32.2. The Labute approximate surface area is 100 Å². The summed E-state index contributed by atoms with van der Waals surface area (Å²) >= 11 is 0. The van der Waals surface area contributed by atoms with Crippen LogP contribution in [0.2, 0.25) is 0 Å². The van der Waals surface area contributed by atoms with Crippen LogP contribution in [0.3, 0.4) is 0 Å². The van der Waals surface area contributed by atoms with Gasteiger partial charge >= 0.3 is 0 Å². The molecule has 1 heterocycles. The Bertz CT molecular complexity index is 625. The second kappa shape index (κ2) is 3.66. The molecule has 5 heteroatoms. The lowest BCUT2D eigenvalue weighted by Crippen LogP contribution is -2.07. The smallest absolute Gasteiger partial charge is 0.0863 e. The Morgan fingerprint density at radius 3 is 2.53 bits per heavy atom. The van der Waals surface area contributed by atoms with E-state index < -0.39 is 10.8 Å². The molecule has 0 saturated carbocycles. The van der Waals surface area contributed by atoms with E-state index in [1.165, 1.54) is 12.1 Å². The summed E-state index contributed by atoms with van der Waals surface area (Å²) < 4.78 is 12.2. The third kappa shape index (κ3) is 1.48. The highest BCUT2D eigenvalue weighted by Gasteiger charge is 2.25. The van der Waals surface area contributed by atoms with Gasteiger partial charge in [-0.15, -0.1) is 0 Å². The minimum Gasteiger partial charge on any atom is -0.733 e. The minimum atomic E-state index is -1.28. The van der Waals surface area contributed by atoms with E-state index in [0.717, 1.165) is 16.0 Å². The zero-order valence-corrected chi connectivity index (χ0v) is 9.48. The van der Waals surface area contributed by atoms with Gasteiger partial charge in [0, 0.05) is 0 Å². The molecule has 1 N–H and O–H groups in total. The zero-order valence-electron chi connectivity index (χ0n) is 8.66. The number of rotatable bonds is 1. The van der Waals surface area contributed by atoms with Crippen LogP contribution in [0, 0.1) is 5.21 Å². The summed E-state index contributed by atoms with van der Waals surface area (Å²) in [5.74, 6) is 0. The van der Waals surface area contributed by atoms with Crippen LogP contribution in [0.4, 0.5) is 5.69 Å². The molecule has 1 atom stereocenters. The lowest BCUT2D eigenvalue weighted by molar-refractivity contribution is 0.296. The molecule has 2 aromatic rings. The van der Waals surface area contributed by atoms with Crippen molar-refractivity contribution in [1.82, 2.24) is 0 Å². The number of fused-ring (bicyclic) bond motifs is 3. The molecule has 1 aliphatic heterocycles. The fraction of sp³-hybridized carbons (Fsp3) is 0. The SMILES string of the molecule is O=S1c2ccccc2-c2ccc(N([O-])O)cc21. The van der Waals surface area contributed by atoms with Crippen molar-refractivity contribution >= 4 is 16.5 Å². The molecule has 4 nitrogen and oxygen atoms in total. The molecule has 0 spiro atoms. The van der Waals surface area contributed by atoms with Crippen LogP contribution in [-0.2, 0) is 10.8 Å². The molecule has 0 amide bonds. The summed E-state index contributed by atoms with van der Waals surface area (Å²) in [5, 5.41) is 19.4. The lowest BCUT2D eigenvalue weighted by atomic mass is 10.1. The van der Waals surface area contributed by atoms with E-state index >= 15 is 0 Å². The second-order valence-electron chi connectivity index (χ2n) is 3.72. The number of nitrogens with zero attached hydrogens (tertiary/aromatic N) is 1. The van der Waals surface area contributed by atoms with Crippen molar-refractivity contribution in [2.45, 2.75) is 9.79 Å². The van der Waals surface area contributed by atoms with E-state index in [2.05, 4.69) is 0 Å². The van der Waals surface area contributed by atoms with Gasteiger partial charge in [0.2, 0.25) is 0 Å². The Morgan fingerprint density at radius 2 is 1.76 bits per heavy atom. The lowest BCUT2D eigenvalue weighted by Gasteiger charge is -2.21. The van der Waals surface area contributed by atoms with Crippen molar-refractivity contribution in [3.05, 3.63) is 47.7 Å². The third-order valence-electron chi connectivity index (χ3n) is 2.76. The van der Waals surface area contributed by atoms with E-state index in [-0.39, 0.29) is 10.9 Å². The van der Waals surface area contributed by atoms with Crippen molar-refractivity contribution in [1.29, 1.82) is 0 Å². The molecule has 0 fully saturated rings. The molecule has 0 aromatic heterocycles. The van der Waals surface area contributed by atoms with Gasteiger partial charge in [-0.1, -0.05) is 24.3 Å². The molecule has 1 unspecified atom stereocenters. The van der Waals surface area contributed by atoms with Gasteiger partial charge in [0.25, 0.3) is 0 Å². The fourth-order valence-electron chi connectivity index (χ4n) is 1.98. The van der Waals surface area contributed by atoms with Crippen LogP contribution in [-0.4, -0.2) is 9.42 Å². The van der Waals surface area contributed by atoms with Crippen LogP contribution >= 0.6 is 0 Å². The number of anilines is 1. The Balaban J connectivity index is 2.24. The predicted octanol–water partition coefficient (Wildman–Crippen LogP) is 2.53. The minimum absolute atomic E-state index is 0.0879. The van der Waals surface area contributed by atoms with Crippen LogP contribution in [0.1, 0.15) is 0 Å². The molecule has 0 radical (unpaired) electrons. The molecule has 2 aromatic carbocycles. The topological polar surface area (TPSA) is 63.6 Å². The normalized spacial score (nSPS) is 16.5. The first-order valence-corrected chi connectivity index (χ1v) is 6.15. The highest BCUT2D eigenvalue weighted by molar-refractivity contribution is 7.85. The average molecular weight is 246 g/mol. The fourth-order valence-corrected chi connectivity index (χ4v) is 3.40. The first-order valence-electron chi connectivity index (χ1n) is 5.00. The maximum atomic E-state index is 12.2. The molecule has 0 bridgehead atoms. The highest BCUT2D eigenvalue weighted by Crippen LogP contribution is 2.41. The molecular formula is C12H8NO3S-. The van der Waals surface area contributed by atoms with Crippen molar-refractivity contribution in [3.8, 4) is 11.1 Å². The van der Waals surface area contributed by atoms with Gasteiger partial charge in [0.05, 0.1) is 26.3 Å². The summed E-state index contributed by atoms with van der Waals surface area (Å²) in [4.78, 5) is 1.31. The number of hydrogen-bond donors (Lipinski definition) is 1. The van der Waals surface area contributed by atoms with Crippen molar-refractivity contribution in [2.75, 3.05) is 5.23 Å². The van der Waals surface area contributed by atoms with Crippen LogP contribution in [0.15, 0.2) is 52.3 Å². The van der Waals surface area contributed by atoms with Gasteiger partial charge in [-0.2, -0.15) is 0 Å². The maximum absolute atomic E-state index is 12.2. The van der Waals surface area contributed by atoms with E-state index in [1.807, 2.05) is 18.2 Å². The molecule has 86 valence electrons. The van der Waals surface area contributed by atoms with Crippen molar-refractivity contribution < 1.29 is 9.42 Å². The largest absolute Gasteiger partial charge is 0.733 e. The maximum Gasteiger partial charge on any atom is 0.0863 e. The van der Waals surface area contributed by atoms with Crippen LogP contribution in [0.25, 0.3) is 11.1 Å². The first kappa shape index (κ1) is 10.5. The standard InChI is InChI=1S/C12H8NO3S/c14-13(15)8-5-6-10-9-3-1-2-4-11(9)17(16)12(10)7-8/h1-7,14H/q-1. The Kier molecular flexibility index (Phi) is 2.25. The Morgan fingerprint density at radius 1 is 1.06 bits per heavy atom. The molecule has 17 heavy (non-hydrogen) atoms. The van der Waals surface area contributed by atoms with E-state index in [9.17, 15) is 9.42 Å². The van der Waals surface area contributed by atoms with Gasteiger partial charge in [-0.3, -0.25) is 5.21 Å². The molecule has 0 saturated heterocycles. The van der Waals surface area contributed by atoms with Gasteiger partial charge in [-0.05, 0) is 29.3 Å². The quantitative estimate of drug-likeness (QED) is 0.670. The summed E-state index contributed by atoms with van der Waals surface area (Å²) in [6, 6.07) is 12.1. The van der Waals surface area contributed by atoms with Gasteiger partial charge in [0.15, 0.2) is 0 Å². The Hall–Kier alpha value is -1.69. The van der Waals surface area contributed by atoms with E-state index in [1.54, 1.807) is 12.1 Å². The first-order chi connectivity index (χ1) is 8.18. The van der Waals surface area contributed by atoms with Crippen LogP contribution in [0.5, 0.6) is 0 Å². The van der Waals surface area contributed by atoms with Crippen molar-refractivity contribution in [2.24, 2.45) is 0 Å². The molecule has 0 aliphatic carbocycles. The van der Waals surface area contributed by atoms with E-state index in [0.29, 0.717) is 4.90 Å². The van der Waals surface area contributed by atoms with Gasteiger partial charge < -0.3 is 10.4 Å². The van der Waals surface area contributed by atoms with Gasteiger partial charge in [0.1, 0.15) is 0 Å². The average Bonchev–Trinajstić information content (AvgIpc) is 2.64. The summed E-state index contributed by atoms with van der Waals surface area (Å²) in [6.07, 6.45) is 0. The van der Waals surface area contributed by atoms with Gasteiger partial charge in [-0.25, -0.2) is 4.21 Å². The summed E-state index contributed by atoms with van der Waals surface area (Å²) in [6.45, 7) is 0. The van der Waals surface area contributed by atoms with Crippen molar-refractivity contribution in [3.63, 3.8) is 0 Å². The number of benzene rings is 2. The third-order valence-corrected chi connectivity index (χ3v) is 4.26. The zero-order chi connectivity index (χ0) is 12.0. The van der Waals surface area contributed by atoms with Crippen LogP contribution < -0.4 is 5.23 Å². The monoisotopic (exact) mass is 246 g/mol. The molecule has 3 rings (SSSR count). The summed E-state index contributed by atoms with van der Waals surface area (Å²) in [7, 11) is -1.28. The summed E-state index contributed by atoms with van der Waals surface area (Å²) in [5.41, 5.74) is 1.86. The molecule has 1 aliphatic rings. The van der Waals surface area contributed by atoms with E-state index in [4.69, 9.17) is 5.21 Å². The predicted molar refractivity (Wildman–Crippen MR) is 64.2 cm³/mol. The molecular weight excluding hydrogens is 238 g/mol. The second-order valence-corrected chi connectivity index (χ2v) is 5.14. The number of hydrogen-bond acceptors (Lipinski definition) is 4.